The van der Waals surface area contributed by atoms with Gasteiger partial charge in [0.2, 0.25) is 0 Å². The molecule has 1 N–H and O–H groups in total. The molecule has 1 aromatic heterocycles. The van der Waals surface area contributed by atoms with Crippen molar-refractivity contribution in [1.82, 2.24) is 20.1 Å². The third-order valence-corrected chi connectivity index (χ3v) is 7.62. The van der Waals surface area contributed by atoms with E-state index in [1.54, 1.807) is 42.5 Å². The number of hydrogen-bond acceptors (Lipinski definition) is 4. The highest BCUT2D eigenvalue weighted by molar-refractivity contribution is 7.98. The third kappa shape index (κ3) is 6.33. The van der Waals surface area contributed by atoms with Crippen molar-refractivity contribution in [2.45, 2.75) is 23.9 Å². The van der Waals surface area contributed by atoms with Gasteiger partial charge in [-0.25, -0.2) is 4.39 Å². The van der Waals surface area contributed by atoms with Crippen molar-refractivity contribution in [1.29, 1.82) is 0 Å². The minimum absolute atomic E-state index is 0.237. The zero-order valence-electron chi connectivity index (χ0n) is 20.8. The molecular weight excluding hydrogens is 554 g/mol. The predicted molar refractivity (Wildman–Crippen MR) is 155 cm³/mol. The van der Waals surface area contributed by atoms with Gasteiger partial charge in [-0.3, -0.25) is 9.36 Å². The van der Waals surface area contributed by atoms with Crippen LogP contribution >= 0.6 is 35.0 Å². The normalized spacial score (nSPS) is 11.8. The molecular formula is C30H23Cl2FN4OS. The van der Waals surface area contributed by atoms with Gasteiger partial charge in [0.25, 0.3) is 5.91 Å². The van der Waals surface area contributed by atoms with Crippen LogP contribution in [0, 0.1) is 5.82 Å². The van der Waals surface area contributed by atoms with E-state index in [-0.39, 0.29) is 11.7 Å². The molecule has 0 radical (unpaired) electrons. The highest BCUT2D eigenvalue weighted by atomic mass is 35.5. The third-order valence-electron chi connectivity index (χ3n) is 6.08. The van der Waals surface area contributed by atoms with Gasteiger partial charge >= 0.3 is 0 Å². The van der Waals surface area contributed by atoms with Gasteiger partial charge in [0.1, 0.15) is 5.82 Å². The lowest BCUT2D eigenvalue weighted by Crippen LogP contribution is -2.28. The topological polar surface area (TPSA) is 59.8 Å². The number of amides is 1. The van der Waals surface area contributed by atoms with Crippen molar-refractivity contribution >= 4 is 40.9 Å². The lowest BCUT2D eigenvalue weighted by atomic mass is 10.0. The van der Waals surface area contributed by atoms with E-state index in [2.05, 4.69) is 15.5 Å². The van der Waals surface area contributed by atoms with Gasteiger partial charge in [-0.2, -0.15) is 0 Å². The van der Waals surface area contributed by atoms with Gasteiger partial charge in [-0.05, 0) is 66.1 Å². The van der Waals surface area contributed by atoms with Crippen LogP contribution in [0.25, 0.3) is 16.8 Å². The molecule has 0 aliphatic rings. The molecule has 5 rings (SSSR count). The molecule has 39 heavy (non-hydrogen) atoms. The second kappa shape index (κ2) is 12.0. The Morgan fingerprint density at radius 3 is 2.31 bits per heavy atom. The van der Waals surface area contributed by atoms with E-state index in [0.717, 1.165) is 16.7 Å². The Hall–Kier alpha value is -3.65. The summed E-state index contributed by atoms with van der Waals surface area (Å²) in [7, 11) is 0. The monoisotopic (exact) mass is 576 g/mol. The molecule has 9 heteroatoms. The van der Waals surface area contributed by atoms with Crippen LogP contribution in [0.4, 0.5) is 4.39 Å². The van der Waals surface area contributed by atoms with E-state index in [0.29, 0.717) is 38.0 Å². The van der Waals surface area contributed by atoms with Crippen LogP contribution in [0.1, 0.15) is 34.7 Å². The molecule has 4 aromatic carbocycles. The Bertz CT molecular complexity index is 1590. The first-order valence-electron chi connectivity index (χ1n) is 12.1. The van der Waals surface area contributed by atoms with Crippen LogP contribution in [0.5, 0.6) is 0 Å². The van der Waals surface area contributed by atoms with E-state index in [9.17, 15) is 9.18 Å². The number of nitrogens with zero attached hydrogens (tertiary/aromatic N) is 3. The maximum absolute atomic E-state index is 13.3. The van der Waals surface area contributed by atoms with Crippen molar-refractivity contribution < 1.29 is 9.18 Å². The minimum Gasteiger partial charge on any atom is -0.342 e. The lowest BCUT2D eigenvalue weighted by Gasteiger charge is -2.17. The summed E-state index contributed by atoms with van der Waals surface area (Å²) >= 11 is 14.1. The van der Waals surface area contributed by atoms with E-state index in [4.69, 9.17) is 23.2 Å². The molecule has 0 aliphatic carbocycles. The molecule has 0 aliphatic heterocycles. The fourth-order valence-corrected chi connectivity index (χ4v) is 5.46. The smallest absolute Gasteiger partial charge is 0.251 e. The maximum atomic E-state index is 13.3. The Morgan fingerprint density at radius 1 is 0.923 bits per heavy atom. The fraction of sp³-hybridized carbons (Fsp3) is 0.100. The fourth-order valence-electron chi connectivity index (χ4n) is 4.06. The van der Waals surface area contributed by atoms with Gasteiger partial charge in [0, 0.05) is 16.3 Å². The van der Waals surface area contributed by atoms with Crippen molar-refractivity contribution in [2.75, 3.05) is 0 Å². The molecule has 0 bridgehead atoms. The molecule has 0 fully saturated rings. The number of halogens is 3. The van der Waals surface area contributed by atoms with Crippen LogP contribution in [-0.2, 0) is 5.75 Å². The molecule has 5 nitrogen and oxygen atoms in total. The molecule has 1 unspecified atom stereocenters. The number of hydrogen-bond donors (Lipinski definition) is 1. The van der Waals surface area contributed by atoms with E-state index < -0.39 is 6.04 Å². The number of aromatic nitrogens is 3. The van der Waals surface area contributed by atoms with Crippen LogP contribution in [-0.4, -0.2) is 20.7 Å². The number of rotatable bonds is 8. The highest BCUT2D eigenvalue weighted by Crippen LogP contribution is 2.32. The summed E-state index contributed by atoms with van der Waals surface area (Å²) in [6, 6.07) is 28.4. The van der Waals surface area contributed by atoms with Gasteiger partial charge in [0.15, 0.2) is 11.0 Å². The Kier molecular flexibility index (Phi) is 8.31. The molecule has 5 aromatic rings. The van der Waals surface area contributed by atoms with E-state index in [1.807, 2.05) is 54.0 Å². The van der Waals surface area contributed by atoms with Crippen molar-refractivity contribution in [3.05, 3.63) is 130 Å². The van der Waals surface area contributed by atoms with Crippen LogP contribution in [0.15, 0.2) is 102 Å². The molecule has 1 amide bonds. The number of carbonyl (C=O) groups is 1. The summed E-state index contributed by atoms with van der Waals surface area (Å²) in [6.07, 6.45) is 0. The Morgan fingerprint density at radius 2 is 1.62 bits per heavy atom. The van der Waals surface area contributed by atoms with Crippen LogP contribution in [0.2, 0.25) is 10.0 Å². The van der Waals surface area contributed by atoms with Crippen molar-refractivity contribution in [2.24, 2.45) is 0 Å². The zero-order chi connectivity index (χ0) is 27.4. The first kappa shape index (κ1) is 26.9. The van der Waals surface area contributed by atoms with Gasteiger partial charge in [0.05, 0.1) is 16.8 Å². The number of carbonyl (C=O) groups excluding carboxylic acids is 1. The van der Waals surface area contributed by atoms with Crippen molar-refractivity contribution in [3.63, 3.8) is 0 Å². The minimum atomic E-state index is -0.495. The van der Waals surface area contributed by atoms with Crippen LogP contribution < -0.4 is 5.32 Å². The first-order chi connectivity index (χ1) is 18.9. The predicted octanol–water partition coefficient (Wildman–Crippen LogP) is 8.16. The molecule has 0 saturated carbocycles. The SMILES string of the molecule is CC(NC(=O)c1ccc(-c2ccccc2)cc1)c1nnc(SCc2ccc(F)cc2)n1-c1ccc(Cl)cc1Cl. The lowest BCUT2D eigenvalue weighted by molar-refractivity contribution is 0.0938. The summed E-state index contributed by atoms with van der Waals surface area (Å²) < 4.78 is 15.2. The quantitative estimate of drug-likeness (QED) is 0.189. The molecule has 0 saturated heterocycles. The molecule has 196 valence electrons. The second-order valence-electron chi connectivity index (χ2n) is 8.83. The number of nitrogens with one attached hydrogen (secondary N) is 1. The average molecular weight is 578 g/mol. The standard InChI is InChI=1S/C30H23Cl2FN4OS/c1-19(34-29(38)23-11-9-22(10-12-23)21-5-3-2-4-6-21)28-35-36-30(39-18-20-7-14-25(33)15-8-20)37(28)27-16-13-24(31)17-26(27)32/h2-17,19H,18H2,1H3,(H,34,38). The highest BCUT2D eigenvalue weighted by Gasteiger charge is 2.23. The average Bonchev–Trinajstić information content (AvgIpc) is 3.37. The molecule has 0 spiro atoms. The second-order valence-corrected chi connectivity index (χ2v) is 10.6. The van der Waals surface area contributed by atoms with Gasteiger partial charge in [-0.1, -0.05) is 89.6 Å². The van der Waals surface area contributed by atoms with Gasteiger partial charge in [-0.15, -0.1) is 10.2 Å². The molecule has 1 heterocycles. The number of thioether (sulfide) groups is 1. The van der Waals surface area contributed by atoms with E-state index >= 15 is 0 Å². The summed E-state index contributed by atoms with van der Waals surface area (Å²) in [5.41, 5.74) is 4.20. The van der Waals surface area contributed by atoms with E-state index in [1.165, 1.54) is 23.9 Å². The molecule has 1 atom stereocenters. The number of benzene rings is 4. The summed E-state index contributed by atoms with van der Waals surface area (Å²) in [5.74, 6) is 0.522. The van der Waals surface area contributed by atoms with Crippen LogP contribution in [0.3, 0.4) is 0 Å². The Balaban J connectivity index is 1.39. The maximum Gasteiger partial charge on any atom is 0.251 e. The first-order valence-corrected chi connectivity index (χ1v) is 13.9. The summed E-state index contributed by atoms with van der Waals surface area (Å²) in [6.45, 7) is 1.84. The van der Waals surface area contributed by atoms with Crippen molar-refractivity contribution in [3.8, 4) is 16.8 Å². The summed E-state index contributed by atoms with van der Waals surface area (Å²) in [4.78, 5) is 13.1. The van der Waals surface area contributed by atoms with Gasteiger partial charge < -0.3 is 5.32 Å². The summed E-state index contributed by atoms with van der Waals surface area (Å²) in [5, 5.41) is 13.3. The Labute approximate surface area is 240 Å². The largest absolute Gasteiger partial charge is 0.342 e. The zero-order valence-corrected chi connectivity index (χ0v) is 23.1.